The maximum atomic E-state index is 14.3. The summed E-state index contributed by atoms with van der Waals surface area (Å²) in [6.45, 7) is 3.10. The van der Waals surface area contributed by atoms with Crippen LogP contribution in [0.15, 0.2) is 40.4 Å². The van der Waals surface area contributed by atoms with Gasteiger partial charge >= 0.3 is 0 Å². The summed E-state index contributed by atoms with van der Waals surface area (Å²) in [6.07, 6.45) is 3.51. The van der Waals surface area contributed by atoms with E-state index in [1.165, 1.54) is 4.57 Å². The number of halogens is 3. The number of thioether (sulfide) groups is 1. The molecule has 0 radical (unpaired) electrons. The molecule has 7 nitrogen and oxygen atoms in total. The molecule has 2 fully saturated rings. The monoisotopic (exact) mass is 504 g/mol. The number of likely N-dealkylation sites (tertiary alicyclic amines) is 1. The SMILES string of the molecule is Cn1c(SCCCN2C[C@@H]3CCN(c4c(F)cc(F)cc4F)[C@@H]3C2)nnc1-c1ccn(C)c(=O)c1. The van der Waals surface area contributed by atoms with Crippen molar-refractivity contribution in [3.05, 3.63) is 58.3 Å². The fourth-order valence-electron chi connectivity index (χ4n) is 5.15. The molecule has 186 valence electrons. The summed E-state index contributed by atoms with van der Waals surface area (Å²) in [6, 6.07) is 4.94. The van der Waals surface area contributed by atoms with Crippen LogP contribution in [0.5, 0.6) is 0 Å². The Labute approximate surface area is 205 Å². The fourth-order valence-corrected chi connectivity index (χ4v) is 5.98. The summed E-state index contributed by atoms with van der Waals surface area (Å²) in [4.78, 5) is 16.0. The van der Waals surface area contributed by atoms with Crippen molar-refractivity contribution >= 4 is 17.4 Å². The molecule has 1 aromatic carbocycles. The van der Waals surface area contributed by atoms with Gasteiger partial charge in [-0.25, -0.2) is 13.2 Å². The number of anilines is 1. The molecule has 0 unspecified atom stereocenters. The van der Waals surface area contributed by atoms with Crippen molar-refractivity contribution in [3.8, 4) is 11.4 Å². The predicted octanol–water partition coefficient (Wildman–Crippen LogP) is 3.29. The largest absolute Gasteiger partial charge is 0.362 e. The Morgan fingerprint density at radius 3 is 2.60 bits per heavy atom. The van der Waals surface area contributed by atoms with E-state index < -0.39 is 17.5 Å². The van der Waals surface area contributed by atoms with E-state index in [1.807, 2.05) is 17.7 Å². The summed E-state index contributed by atoms with van der Waals surface area (Å²) >= 11 is 1.61. The van der Waals surface area contributed by atoms with Crippen LogP contribution in [0.1, 0.15) is 12.8 Å². The minimum absolute atomic E-state index is 0.0389. The van der Waals surface area contributed by atoms with Crippen LogP contribution in [0.25, 0.3) is 11.4 Å². The average molecular weight is 505 g/mol. The topological polar surface area (TPSA) is 59.2 Å². The third kappa shape index (κ3) is 4.71. The van der Waals surface area contributed by atoms with Gasteiger partial charge in [-0.1, -0.05) is 11.8 Å². The van der Waals surface area contributed by atoms with Crippen molar-refractivity contribution in [2.75, 3.05) is 36.8 Å². The molecule has 0 bridgehead atoms. The second-order valence-electron chi connectivity index (χ2n) is 9.22. The summed E-state index contributed by atoms with van der Waals surface area (Å²) in [5.41, 5.74) is 0.529. The minimum Gasteiger partial charge on any atom is -0.362 e. The second-order valence-corrected chi connectivity index (χ2v) is 10.3. The third-order valence-corrected chi connectivity index (χ3v) is 8.05. The zero-order chi connectivity index (χ0) is 24.7. The molecule has 0 aliphatic carbocycles. The molecule has 0 N–H and O–H groups in total. The Hall–Kier alpha value is -2.79. The summed E-state index contributed by atoms with van der Waals surface area (Å²) in [5.74, 6) is -0.717. The first-order valence-electron chi connectivity index (χ1n) is 11.6. The smallest absolute Gasteiger partial charge is 0.250 e. The first-order chi connectivity index (χ1) is 16.8. The van der Waals surface area contributed by atoms with E-state index in [9.17, 15) is 18.0 Å². The number of pyridine rings is 1. The van der Waals surface area contributed by atoms with Crippen LogP contribution in [0, 0.1) is 23.4 Å². The highest BCUT2D eigenvalue weighted by Crippen LogP contribution is 2.37. The highest BCUT2D eigenvalue weighted by molar-refractivity contribution is 7.99. The Morgan fingerprint density at radius 1 is 1.09 bits per heavy atom. The minimum atomic E-state index is -0.895. The van der Waals surface area contributed by atoms with Crippen molar-refractivity contribution in [2.24, 2.45) is 20.0 Å². The predicted molar refractivity (Wildman–Crippen MR) is 129 cm³/mol. The fraction of sp³-hybridized carbons (Fsp3) is 0.458. The second kappa shape index (κ2) is 9.69. The van der Waals surface area contributed by atoms with Crippen molar-refractivity contribution < 1.29 is 13.2 Å². The summed E-state index contributed by atoms with van der Waals surface area (Å²) in [7, 11) is 3.59. The Bertz CT molecular complexity index is 1270. The van der Waals surface area contributed by atoms with Gasteiger partial charge in [-0.3, -0.25) is 4.79 Å². The molecule has 11 heteroatoms. The Kier molecular flexibility index (Phi) is 6.63. The maximum Gasteiger partial charge on any atom is 0.250 e. The Balaban J connectivity index is 1.15. The van der Waals surface area contributed by atoms with E-state index in [4.69, 9.17) is 0 Å². The molecule has 5 rings (SSSR count). The first kappa shape index (κ1) is 23.9. The number of hydrogen-bond acceptors (Lipinski definition) is 6. The zero-order valence-corrected chi connectivity index (χ0v) is 20.4. The summed E-state index contributed by atoms with van der Waals surface area (Å²) in [5, 5.41) is 9.31. The molecule has 0 saturated carbocycles. The number of aryl methyl sites for hydroxylation is 1. The van der Waals surface area contributed by atoms with Crippen molar-refractivity contribution in [1.29, 1.82) is 0 Å². The lowest BCUT2D eigenvalue weighted by atomic mass is 10.0. The first-order valence-corrected chi connectivity index (χ1v) is 12.6. The number of rotatable bonds is 7. The molecule has 3 aromatic rings. The lowest BCUT2D eigenvalue weighted by molar-refractivity contribution is 0.318. The van der Waals surface area contributed by atoms with Gasteiger partial charge in [-0.2, -0.15) is 0 Å². The molecule has 0 spiro atoms. The molecular formula is C24H27F3N6OS. The highest BCUT2D eigenvalue weighted by Gasteiger charge is 2.42. The number of hydrogen-bond donors (Lipinski definition) is 0. The van der Waals surface area contributed by atoms with Crippen molar-refractivity contribution in [1.82, 2.24) is 24.2 Å². The quantitative estimate of drug-likeness (QED) is 0.364. The van der Waals surface area contributed by atoms with Crippen LogP contribution in [0.3, 0.4) is 0 Å². The lowest BCUT2D eigenvalue weighted by Gasteiger charge is -2.27. The van der Waals surface area contributed by atoms with Crippen LogP contribution in [0.2, 0.25) is 0 Å². The van der Waals surface area contributed by atoms with Gasteiger partial charge in [0, 0.05) is 75.5 Å². The average Bonchev–Trinajstić information content (AvgIpc) is 3.48. The van der Waals surface area contributed by atoms with Gasteiger partial charge in [0.2, 0.25) is 0 Å². The number of fused-ring (bicyclic) bond motifs is 1. The highest BCUT2D eigenvalue weighted by atomic mass is 32.2. The van der Waals surface area contributed by atoms with Gasteiger partial charge < -0.3 is 18.9 Å². The standard InChI is InChI=1S/C24H27F3N6OS/c1-30-7-4-15(10-21(30)34)23-28-29-24(31(23)2)35-9-3-6-32-13-16-5-8-33(20(16)14-32)22-18(26)11-17(25)12-19(22)27/h4,7,10-12,16,20H,3,5-6,8-9,13-14H2,1-2H3/t16-,20+/m0/s1. The van der Waals surface area contributed by atoms with E-state index in [0.717, 1.165) is 61.1 Å². The zero-order valence-electron chi connectivity index (χ0n) is 19.6. The van der Waals surface area contributed by atoms with Crippen LogP contribution < -0.4 is 10.5 Å². The number of benzene rings is 1. The molecule has 4 heterocycles. The Morgan fingerprint density at radius 2 is 1.86 bits per heavy atom. The van der Waals surface area contributed by atoms with Gasteiger partial charge in [0.1, 0.15) is 11.5 Å². The van der Waals surface area contributed by atoms with E-state index >= 15 is 0 Å². The molecule has 2 aliphatic heterocycles. The summed E-state index contributed by atoms with van der Waals surface area (Å²) < 4.78 is 45.4. The maximum absolute atomic E-state index is 14.3. The van der Waals surface area contributed by atoms with Crippen LogP contribution in [-0.4, -0.2) is 62.2 Å². The molecule has 35 heavy (non-hydrogen) atoms. The van der Waals surface area contributed by atoms with E-state index in [-0.39, 0.29) is 17.3 Å². The number of aromatic nitrogens is 4. The van der Waals surface area contributed by atoms with Gasteiger partial charge in [0.15, 0.2) is 22.6 Å². The van der Waals surface area contributed by atoms with E-state index in [1.54, 1.807) is 36.0 Å². The van der Waals surface area contributed by atoms with Crippen LogP contribution in [0.4, 0.5) is 18.9 Å². The number of nitrogens with zero attached hydrogens (tertiary/aromatic N) is 6. The van der Waals surface area contributed by atoms with Gasteiger partial charge in [-0.05, 0) is 31.4 Å². The lowest BCUT2D eigenvalue weighted by Crippen LogP contribution is -2.36. The van der Waals surface area contributed by atoms with E-state index in [2.05, 4.69) is 15.1 Å². The molecule has 2 aromatic heterocycles. The van der Waals surface area contributed by atoms with Crippen molar-refractivity contribution in [3.63, 3.8) is 0 Å². The molecule has 2 atom stereocenters. The van der Waals surface area contributed by atoms with Crippen molar-refractivity contribution in [2.45, 2.75) is 24.0 Å². The third-order valence-electron chi connectivity index (χ3n) is 6.94. The molecular weight excluding hydrogens is 477 g/mol. The molecule has 2 aliphatic rings. The van der Waals surface area contributed by atoms with Gasteiger partial charge in [-0.15, -0.1) is 10.2 Å². The van der Waals surface area contributed by atoms with Gasteiger partial charge in [0.05, 0.1) is 0 Å². The molecule has 0 amide bonds. The molecule has 2 saturated heterocycles. The van der Waals surface area contributed by atoms with E-state index in [0.29, 0.717) is 18.3 Å². The van der Waals surface area contributed by atoms with Crippen LogP contribution >= 0.6 is 11.8 Å². The van der Waals surface area contributed by atoms with Gasteiger partial charge in [0.25, 0.3) is 5.56 Å². The van der Waals surface area contributed by atoms with Crippen LogP contribution in [-0.2, 0) is 14.1 Å². The normalized spacial score (nSPS) is 20.1.